The van der Waals surface area contributed by atoms with Crippen LogP contribution in [-0.2, 0) is 7.05 Å². The molecular weight excluding hydrogens is 290 g/mol. The number of rotatable bonds is 2. The highest BCUT2D eigenvalue weighted by Gasteiger charge is 2.33. The monoisotopic (exact) mass is 309 g/mol. The number of likely N-dealkylation sites (tertiary alicyclic amines) is 1. The molecule has 1 saturated heterocycles. The largest absolute Gasteiger partial charge is 0.451 e. The van der Waals surface area contributed by atoms with Gasteiger partial charge in [0.1, 0.15) is 5.58 Å². The van der Waals surface area contributed by atoms with Gasteiger partial charge >= 0.3 is 0 Å². The molecule has 0 N–H and O–H groups in total. The maximum absolute atomic E-state index is 12.9. The lowest BCUT2D eigenvalue weighted by Gasteiger charge is -2.22. The number of carbonyl (C=O) groups excluding carboxylic acids is 1. The second kappa shape index (κ2) is 5.26. The second-order valence-corrected chi connectivity index (χ2v) is 6.21. The third kappa shape index (κ3) is 2.32. The summed E-state index contributed by atoms with van der Waals surface area (Å²) in [5.74, 6) is 0.386. The summed E-state index contributed by atoms with van der Waals surface area (Å²) in [7, 11) is 1.90. The summed E-state index contributed by atoms with van der Waals surface area (Å²) < 4.78 is 7.63. The van der Waals surface area contributed by atoms with Crippen molar-refractivity contribution in [3.63, 3.8) is 0 Å². The fraction of sp³-hybridized carbons (Fsp3) is 0.333. The Kier molecular flexibility index (Phi) is 3.22. The number of para-hydroxylation sites is 1. The minimum atomic E-state index is -0.0352. The number of aromatic nitrogens is 2. The van der Waals surface area contributed by atoms with E-state index in [2.05, 4.69) is 5.10 Å². The van der Waals surface area contributed by atoms with Gasteiger partial charge in [0.2, 0.25) is 0 Å². The Hall–Kier alpha value is -2.56. The summed E-state index contributed by atoms with van der Waals surface area (Å²) in [6, 6.07) is 7.89. The van der Waals surface area contributed by atoms with Crippen LogP contribution in [0, 0.1) is 6.92 Å². The van der Waals surface area contributed by atoms with Crippen LogP contribution < -0.4 is 0 Å². The highest BCUT2D eigenvalue weighted by molar-refractivity contribution is 5.97. The van der Waals surface area contributed by atoms with E-state index in [-0.39, 0.29) is 11.9 Å². The minimum absolute atomic E-state index is 0.0352. The van der Waals surface area contributed by atoms with Crippen LogP contribution >= 0.6 is 0 Å². The zero-order valence-electron chi connectivity index (χ0n) is 13.3. The highest BCUT2D eigenvalue weighted by atomic mass is 16.3. The Bertz CT molecular complexity index is 877. The fourth-order valence-electron chi connectivity index (χ4n) is 3.42. The molecule has 1 aliphatic rings. The Labute approximate surface area is 134 Å². The maximum atomic E-state index is 12.9. The van der Waals surface area contributed by atoms with Gasteiger partial charge in [-0.15, -0.1) is 0 Å². The molecule has 3 aromatic rings. The zero-order chi connectivity index (χ0) is 16.0. The Morgan fingerprint density at radius 2 is 2.26 bits per heavy atom. The first-order chi connectivity index (χ1) is 11.1. The molecule has 0 aliphatic carbocycles. The number of carbonyl (C=O) groups is 1. The average molecular weight is 309 g/mol. The van der Waals surface area contributed by atoms with Crippen molar-refractivity contribution in [3.8, 4) is 0 Å². The average Bonchev–Trinajstić information content (AvgIpc) is 3.24. The first kappa shape index (κ1) is 14.1. The van der Waals surface area contributed by atoms with Gasteiger partial charge in [-0.3, -0.25) is 9.48 Å². The van der Waals surface area contributed by atoms with Gasteiger partial charge in [0, 0.05) is 30.7 Å². The first-order valence-electron chi connectivity index (χ1n) is 7.92. The van der Waals surface area contributed by atoms with E-state index in [9.17, 15) is 4.79 Å². The molecule has 1 amide bonds. The van der Waals surface area contributed by atoms with E-state index in [0.717, 1.165) is 41.5 Å². The fourth-order valence-corrected chi connectivity index (χ4v) is 3.42. The molecule has 1 fully saturated rings. The van der Waals surface area contributed by atoms with E-state index < -0.39 is 0 Å². The second-order valence-electron chi connectivity index (χ2n) is 6.21. The van der Waals surface area contributed by atoms with Crippen LogP contribution in [-0.4, -0.2) is 27.1 Å². The molecule has 0 unspecified atom stereocenters. The molecule has 0 bridgehead atoms. The normalized spacial score (nSPS) is 18.0. The van der Waals surface area contributed by atoms with Gasteiger partial charge in [0.25, 0.3) is 5.91 Å². The van der Waals surface area contributed by atoms with Crippen LogP contribution in [0.5, 0.6) is 0 Å². The number of aryl methyl sites for hydroxylation is 2. The van der Waals surface area contributed by atoms with Gasteiger partial charge in [0.05, 0.1) is 12.2 Å². The summed E-state index contributed by atoms with van der Waals surface area (Å²) in [6.45, 7) is 2.75. The lowest BCUT2D eigenvalue weighted by atomic mass is 10.1. The van der Waals surface area contributed by atoms with Crippen molar-refractivity contribution in [3.05, 3.63) is 53.5 Å². The van der Waals surface area contributed by atoms with Crippen molar-refractivity contribution in [2.45, 2.75) is 25.8 Å². The number of amides is 1. The minimum Gasteiger partial charge on any atom is -0.451 e. The van der Waals surface area contributed by atoms with Gasteiger partial charge in [-0.2, -0.15) is 5.10 Å². The van der Waals surface area contributed by atoms with Gasteiger partial charge in [-0.05, 0) is 31.4 Å². The number of benzene rings is 1. The van der Waals surface area contributed by atoms with E-state index in [1.54, 1.807) is 4.68 Å². The Morgan fingerprint density at radius 3 is 3.00 bits per heavy atom. The van der Waals surface area contributed by atoms with Crippen molar-refractivity contribution in [1.29, 1.82) is 0 Å². The van der Waals surface area contributed by atoms with E-state index in [0.29, 0.717) is 5.76 Å². The standard InChI is InChI=1S/C18H19N3O2/c1-12-5-3-6-13-9-16(23-17(12)13)18(22)21-8-4-7-15(21)14-10-19-20(2)11-14/h3,5-6,9-11,15H,4,7-8H2,1-2H3/t15-/m1/s1. The Balaban J connectivity index is 1.68. The molecule has 3 heterocycles. The highest BCUT2D eigenvalue weighted by Crippen LogP contribution is 2.34. The first-order valence-corrected chi connectivity index (χ1v) is 7.92. The quantitative estimate of drug-likeness (QED) is 0.728. The number of hydrogen-bond donors (Lipinski definition) is 0. The third-order valence-corrected chi connectivity index (χ3v) is 4.58. The summed E-state index contributed by atoms with van der Waals surface area (Å²) in [5.41, 5.74) is 2.94. The van der Waals surface area contributed by atoms with Gasteiger partial charge in [-0.1, -0.05) is 18.2 Å². The molecule has 4 rings (SSSR count). The zero-order valence-corrected chi connectivity index (χ0v) is 13.3. The van der Waals surface area contributed by atoms with Crippen LogP contribution in [0.4, 0.5) is 0 Å². The molecule has 0 saturated carbocycles. The van der Waals surface area contributed by atoms with Gasteiger partial charge in [-0.25, -0.2) is 0 Å². The molecule has 0 spiro atoms. The smallest absolute Gasteiger partial charge is 0.290 e. The lowest BCUT2D eigenvalue weighted by Crippen LogP contribution is -2.30. The van der Waals surface area contributed by atoms with Crippen molar-refractivity contribution in [2.24, 2.45) is 7.05 Å². The molecule has 0 radical (unpaired) electrons. The van der Waals surface area contributed by atoms with Gasteiger partial charge < -0.3 is 9.32 Å². The summed E-state index contributed by atoms with van der Waals surface area (Å²) >= 11 is 0. The van der Waals surface area contributed by atoms with Crippen molar-refractivity contribution in [1.82, 2.24) is 14.7 Å². The van der Waals surface area contributed by atoms with Crippen LogP contribution in [0.2, 0.25) is 0 Å². The van der Waals surface area contributed by atoms with Crippen molar-refractivity contribution >= 4 is 16.9 Å². The van der Waals surface area contributed by atoms with Crippen molar-refractivity contribution in [2.75, 3.05) is 6.54 Å². The van der Waals surface area contributed by atoms with E-state index in [1.165, 1.54) is 0 Å². The molecule has 1 atom stereocenters. The number of furan rings is 1. The van der Waals surface area contributed by atoms with Crippen molar-refractivity contribution < 1.29 is 9.21 Å². The predicted molar refractivity (Wildman–Crippen MR) is 87.2 cm³/mol. The van der Waals surface area contributed by atoms with E-state index >= 15 is 0 Å². The molecular formula is C18H19N3O2. The summed E-state index contributed by atoms with van der Waals surface area (Å²) in [6.07, 6.45) is 5.80. The predicted octanol–water partition coefficient (Wildman–Crippen LogP) is 3.45. The number of fused-ring (bicyclic) bond motifs is 1. The molecule has 1 aromatic carbocycles. The van der Waals surface area contributed by atoms with Crippen LogP contribution in [0.3, 0.4) is 0 Å². The summed E-state index contributed by atoms with van der Waals surface area (Å²) in [4.78, 5) is 14.8. The molecule has 1 aliphatic heterocycles. The maximum Gasteiger partial charge on any atom is 0.290 e. The number of nitrogens with zero attached hydrogens (tertiary/aromatic N) is 3. The SMILES string of the molecule is Cc1cccc2cc(C(=O)N3CCC[C@@H]3c3cnn(C)c3)oc12. The third-order valence-electron chi connectivity index (χ3n) is 4.58. The summed E-state index contributed by atoms with van der Waals surface area (Å²) in [5, 5.41) is 5.21. The molecule has 118 valence electrons. The van der Waals surface area contributed by atoms with Crippen LogP contribution in [0.1, 0.15) is 40.6 Å². The van der Waals surface area contributed by atoms with Crippen LogP contribution in [0.15, 0.2) is 41.1 Å². The van der Waals surface area contributed by atoms with E-state index in [1.807, 2.05) is 55.5 Å². The van der Waals surface area contributed by atoms with Gasteiger partial charge in [0.15, 0.2) is 5.76 Å². The van der Waals surface area contributed by atoms with Crippen LogP contribution in [0.25, 0.3) is 11.0 Å². The molecule has 2 aromatic heterocycles. The Morgan fingerprint density at radius 1 is 1.39 bits per heavy atom. The molecule has 23 heavy (non-hydrogen) atoms. The molecule has 5 heteroatoms. The molecule has 5 nitrogen and oxygen atoms in total. The topological polar surface area (TPSA) is 51.3 Å². The van der Waals surface area contributed by atoms with E-state index in [4.69, 9.17) is 4.42 Å². The lowest BCUT2D eigenvalue weighted by molar-refractivity contribution is 0.0705. The number of hydrogen-bond acceptors (Lipinski definition) is 3.